The zero-order chi connectivity index (χ0) is 15.0. The summed E-state index contributed by atoms with van der Waals surface area (Å²) in [6.07, 6.45) is 1.58. The van der Waals surface area contributed by atoms with E-state index in [1.807, 2.05) is 0 Å². The van der Waals surface area contributed by atoms with Crippen molar-refractivity contribution < 1.29 is 18.4 Å². The average molecular weight is 292 g/mol. The summed E-state index contributed by atoms with van der Waals surface area (Å²) in [5, 5.41) is 3.50. The zero-order valence-corrected chi connectivity index (χ0v) is 12.1. The molecule has 0 aromatic heterocycles. The van der Waals surface area contributed by atoms with Crippen LogP contribution in [0.4, 0.5) is 8.78 Å². The number of nitrogens with one attached hydrogen (secondary N) is 2. The first-order chi connectivity index (χ1) is 8.70. The number of carbonyl (C=O) groups excluding carboxylic acids is 2. The van der Waals surface area contributed by atoms with E-state index in [2.05, 4.69) is 10.6 Å². The molecule has 0 aliphatic heterocycles. The molecule has 2 amide bonds. The molecule has 0 aliphatic rings. The lowest BCUT2D eigenvalue weighted by atomic mass is 10.4. The predicted molar refractivity (Wildman–Crippen MR) is 72.5 cm³/mol. The van der Waals surface area contributed by atoms with E-state index >= 15 is 0 Å². The van der Waals surface area contributed by atoms with Crippen molar-refractivity contribution in [2.75, 3.05) is 0 Å². The summed E-state index contributed by atoms with van der Waals surface area (Å²) < 4.78 is 25.8. The van der Waals surface area contributed by atoms with Crippen molar-refractivity contribution >= 4 is 23.6 Å². The molecule has 2 N–H and O–H groups in total. The van der Waals surface area contributed by atoms with Crippen LogP contribution >= 0.6 is 11.8 Å². The maximum absolute atomic E-state index is 13.4. The lowest BCUT2D eigenvalue weighted by molar-refractivity contribution is -0.117. The Kier molecular flexibility index (Phi) is 8.06. The summed E-state index contributed by atoms with van der Waals surface area (Å²) >= 11 is 0.660. The van der Waals surface area contributed by atoms with Crippen LogP contribution in [0.25, 0.3) is 0 Å². The molecule has 7 heteroatoms. The third kappa shape index (κ3) is 10.3. The third-order valence-corrected chi connectivity index (χ3v) is 2.45. The number of hydrogen-bond donors (Lipinski definition) is 2. The monoisotopic (exact) mass is 292 g/mol. The van der Waals surface area contributed by atoms with Crippen LogP contribution in [0.15, 0.2) is 23.1 Å². The SMILES string of the molecule is C/C(F)=C\C(=O)NC(C)S/C(F)=C/C(=O)NC(C)C. The Morgan fingerprint density at radius 3 is 2.05 bits per heavy atom. The second-order valence-corrected chi connectivity index (χ2v) is 5.44. The first kappa shape index (κ1) is 17.6. The first-order valence-corrected chi connectivity index (χ1v) is 6.57. The Morgan fingerprint density at radius 1 is 1.05 bits per heavy atom. The van der Waals surface area contributed by atoms with E-state index in [4.69, 9.17) is 0 Å². The van der Waals surface area contributed by atoms with Gasteiger partial charge < -0.3 is 10.6 Å². The highest BCUT2D eigenvalue weighted by molar-refractivity contribution is 8.03. The van der Waals surface area contributed by atoms with Crippen LogP contribution in [-0.4, -0.2) is 23.2 Å². The molecule has 0 radical (unpaired) electrons. The number of halogens is 2. The number of carbonyl (C=O) groups is 2. The molecule has 108 valence electrons. The van der Waals surface area contributed by atoms with Crippen LogP contribution in [0.1, 0.15) is 27.7 Å². The predicted octanol–water partition coefficient (Wildman–Crippen LogP) is 2.39. The Hall–Kier alpha value is -1.37. The molecular formula is C12H18F2N2O2S. The van der Waals surface area contributed by atoms with Gasteiger partial charge in [-0.05, 0) is 27.7 Å². The minimum absolute atomic E-state index is 0.0867. The summed E-state index contributed by atoms with van der Waals surface area (Å²) in [4.78, 5) is 22.4. The molecule has 0 heterocycles. The largest absolute Gasteiger partial charge is 0.350 e. The standard InChI is InChI=1S/C12H18F2N2O2S/c1-7(2)15-12(18)6-10(14)19-9(4)16-11(17)5-8(3)13/h5-7,9H,1-4H3,(H,15,18)(H,16,17)/b8-5+,10-6+. The molecule has 0 saturated carbocycles. The van der Waals surface area contributed by atoms with E-state index in [1.54, 1.807) is 13.8 Å². The van der Waals surface area contributed by atoms with Crippen molar-refractivity contribution in [2.24, 2.45) is 0 Å². The zero-order valence-electron chi connectivity index (χ0n) is 11.3. The summed E-state index contributed by atoms with van der Waals surface area (Å²) in [6.45, 7) is 6.17. The number of rotatable bonds is 6. The van der Waals surface area contributed by atoms with E-state index < -0.39 is 28.2 Å². The molecule has 0 bridgehead atoms. The highest BCUT2D eigenvalue weighted by Gasteiger charge is 2.10. The summed E-state index contributed by atoms with van der Waals surface area (Å²) in [5.74, 6) is -1.83. The highest BCUT2D eigenvalue weighted by atomic mass is 32.2. The summed E-state index contributed by atoms with van der Waals surface area (Å²) in [5.41, 5.74) is 0. The minimum Gasteiger partial charge on any atom is -0.350 e. The summed E-state index contributed by atoms with van der Waals surface area (Å²) in [7, 11) is 0. The van der Waals surface area contributed by atoms with E-state index in [-0.39, 0.29) is 6.04 Å². The van der Waals surface area contributed by atoms with Gasteiger partial charge in [0.05, 0.1) is 5.37 Å². The maximum Gasteiger partial charge on any atom is 0.247 e. The maximum atomic E-state index is 13.4. The second kappa shape index (κ2) is 8.68. The van der Waals surface area contributed by atoms with Crippen LogP contribution in [0.2, 0.25) is 0 Å². The Labute approximate surface area is 115 Å². The lowest BCUT2D eigenvalue weighted by Crippen LogP contribution is -2.29. The van der Waals surface area contributed by atoms with Crippen molar-refractivity contribution in [3.63, 3.8) is 0 Å². The highest BCUT2D eigenvalue weighted by Crippen LogP contribution is 2.20. The first-order valence-electron chi connectivity index (χ1n) is 5.69. The van der Waals surface area contributed by atoms with Gasteiger partial charge in [-0.2, -0.15) is 4.39 Å². The van der Waals surface area contributed by atoms with Crippen LogP contribution in [0, 0.1) is 0 Å². The molecule has 0 aliphatic carbocycles. The quantitative estimate of drug-likeness (QED) is 0.584. The van der Waals surface area contributed by atoms with Gasteiger partial charge in [0.2, 0.25) is 11.8 Å². The Bertz CT molecular complexity index is 391. The fraction of sp³-hybridized carbons (Fsp3) is 0.500. The van der Waals surface area contributed by atoms with Gasteiger partial charge in [0, 0.05) is 18.2 Å². The molecule has 4 nitrogen and oxygen atoms in total. The molecule has 0 rings (SSSR count). The lowest BCUT2D eigenvalue weighted by Gasteiger charge is -2.10. The van der Waals surface area contributed by atoms with Gasteiger partial charge in [0.15, 0.2) is 5.16 Å². The number of amides is 2. The van der Waals surface area contributed by atoms with Crippen LogP contribution in [0.5, 0.6) is 0 Å². The van der Waals surface area contributed by atoms with Gasteiger partial charge in [-0.1, -0.05) is 11.8 Å². The van der Waals surface area contributed by atoms with Crippen molar-refractivity contribution in [2.45, 2.75) is 39.1 Å². The third-order valence-electron chi connectivity index (χ3n) is 1.64. The molecule has 1 unspecified atom stereocenters. The summed E-state index contributed by atoms with van der Waals surface area (Å²) in [6, 6.07) is -0.0867. The number of hydrogen-bond acceptors (Lipinski definition) is 3. The van der Waals surface area contributed by atoms with Gasteiger partial charge in [-0.3, -0.25) is 9.59 Å². The minimum atomic E-state index is -0.730. The smallest absolute Gasteiger partial charge is 0.247 e. The fourth-order valence-corrected chi connectivity index (χ4v) is 1.77. The molecule has 0 spiro atoms. The van der Waals surface area contributed by atoms with E-state index in [9.17, 15) is 18.4 Å². The molecule has 1 atom stereocenters. The number of allylic oxidation sites excluding steroid dienone is 1. The molecule has 0 aromatic rings. The van der Waals surface area contributed by atoms with Crippen molar-refractivity contribution in [1.82, 2.24) is 10.6 Å². The van der Waals surface area contributed by atoms with E-state index in [0.29, 0.717) is 11.8 Å². The normalized spacial score (nSPS) is 14.3. The molecule has 0 aromatic carbocycles. The van der Waals surface area contributed by atoms with Crippen LogP contribution in [0.3, 0.4) is 0 Å². The van der Waals surface area contributed by atoms with Crippen molar-refractivity contribution in [3.05, 3.63) is 23.1 Å². The van der Waals surface area contributed by atoms with Gasteiger partial charge in [0.1, 0.15) is 5.83 Å². The van der Waals surface area contributed by atoms with Gasteiger partial charge in [0.25, 0.3) is 0 Å². The molecule has 0 saturated heterocycles. The van der Waals surface area contributed by atoms with Gasteiger partial charge in [-0.15, -0.1) is 0 Å². The van der Waals surface area contributed by atoms with E-state index in [0.717, 1.165) is 19.1 Å². The second-order valence-electron chi connectivity index (χ2n) is 4.11. The van der Waals surface area contributed by atoms with Crippen molar-refractivity contribution in [3.8, 4) is 0 Å². The topological polar surface area (TPSA) is 58.2 Å². The van der Waals surface area contributed by atoms with Crippen molar-refractivity contribution in [1.29, 1.82) is 0 Å². The Morgan fingerprint density at radius 2 is 1.58 bits per heavy atom. The molecular weight excluding hydrogens is 274 g/mol. The number of thioether (sulfide) groups is 1. The average Bonchev–Trinajstić information content (AvgIpc) is 2.12. The Balaban J connectivity index is 4.29. The molecule has 0 fully saturated rings. The van der Waals surface area contributed by atoms with Gasteiger partial charge in [-0.25, -0.2) is 4.39 Å². The fourth-order valence-electron chi connectivity index (χ4n) is 1.08. The molecule has 19 heavy (non-hydrogen) atoms. The van der Waals surface area contributed by atoms with E-state index in [1.165, 1.54) is 6.92 Å². The van der Waals surface area contributed by atoms with Crippen LogP contribution in [-0.2, 0) is 9.59 Å². The van der Waals surface area contributed by atoms with Crippen LogP contribution < -0.4 is 10.6 Å². The van der Waals surface area contributed by atoms with Gasteiger partial charge >= 0.3 is 0 Å².